The van der Waals surface area contributed by atoms with Crippen molar-refractivity contribution in [2.24, 2.45) is 5.92 Å². The van der Waals surface area contributed by atoms with Crippen molar-refractivity contribution in [1.82, 2.24) is 5.32 Å². The Morgan fingerprint density at radius 1 is 1.31 bits per heavy atom. The van der Waals surface area contributed by atoms with Crippen molar-refractivity contribution >= 4 is 11.8 Å². The van der Waals surface area contributed by atoms with E-state index in [1.165, 1.54) is 0 Å². The van der Waals surface area contributed by atoms with E-state index in [0.717, 1.165) is 12.2 Å². The molecule has 0 amide bonds. The highest BCUT2D eigenvalue weighted by atomic mass is 32.2. The highest BCUT2D eigenvalue weighted by Gasteiger charge is 2.48. The third kappa shape index (κ3) is 2.50. The minimum absolute atomic E-state index is 0.0393. The molecule has 0 aromatic heterocycles. The van der Waals surface area contributed by atoms with Crippen LogP contribution in [0.15, 0.2) is 0 Å². The molecule has 5 heteroatoms. The Morgan fingerprint density at radius 2 is 1.94 bits per heavy atom. The number of hydrogen-bond acceptors (Lipinski definition) is 2. The molecular weight excluding hydrogens is 235 g/mol. The Labute approximate surface area is 98.5 Å². The summed E-state index contributed by atoms with van der Waals surface area (Å²) in [4.78, 5) is -0.0393. The van der Waals surface area contributed by atoms with E-state index < -0.39 is 12.1 Å². The first-order valence-electron chi connectivity index (χ1n) is 5.93. The summed E-state index contributed by atoms with van der Waals surface area (Å²) in [5, 5.41) is 3.52. The molecule has 16 heavy (non-hydrogen) atoms. The average molecular weight is 253 g/mol. The summed E-state index contributed by atoms with van der Waals surface area (Å²) in [6.07, 6.45) is -1.01. The third-order valence-corrected chi connectivity index (χ3v) is 5.42. The van der Waals surface area contributed by atoms with Crippen LogP contribution in [0, 0.1) is 5.92 Å². The largest absolute Gasteiger partial charge is 0.391 e. The fourth-order valence-corrected chi connectivity index (χ4v) is 4.25. The van der Waals surface area contributed by atoms with Crippen LogP contribution in [0.1, 0.15) is 39.0 Å². The quantitative estimate of drug-likeness (QED) is 0.767. The molecular formula is C11H18F3NS. The summed E-state index contributed by atoms with van der Waals surface area (Å²) in [6.45, 7) is 2.12. The van der Waals surface area contributed by atoms with Crippen molar-refractivity contribution in [2.75, 3.05) is 5.75 Å². The monoisotopic (exact) mass is 253 g/mol. The number of rotatable bonds is 1. The van der Waals surface area contributed by atoms with Gasteiger partial charge in [0.05, 0.1) is 10.8 Å². The zero-order chi connectivity index (χ0) is 11.8. The Hall–Kier alpha value is 0.1000. The molecule has 1 saturated carbocycles. The lowest BCUT2D eigenvalue weighted by molar-refractivity contribution is -0.183. The van der Waals surface area contributed by atoms with Crippen LogP contribution in [-0.2, 0) is 0 Å². The van der Waals surface area contributed by atoms with Crippen LogP contribution in [0.25, 0.3) is 0 Å². The Kier molecular flexibility index (Phi) is 3.46. The summed E-state index contributed by atoms with van der Waals surface area (Å²) in [5.74, 6) is -0.0195. The van der Waals surface area contributed by atoms with Gasteiger partial charge in [-0.15, -0.1) is 11.8 Å². The van der Waals surface area contributed by atoms with E-state index in [2.05, 4.69) is 12.2 Å². The lowest BCUT2D eigenvalue weighted by Gasteiger charge is -2.37. The van der Waals surface area contributed by atoms with Gasteiger partial charge in [0.15, 0.2) is 0 Å². The Balaban J connectivity index is 1.90. The zero-order valence-corrected chi connectivity index (χ0v) is 10.3. The first kappa shape index (κ1) is 12.6. The van der Waals surface area contributed by atoms with Crippen molar-refractivity contribution in [1.29, 1.82) is 0 Å². The highest BCUT2D eigenvalue weighted by Crippen LogP contribution is 2.48. The van der Waals surface area contributed by atoms with Gasteiger partial charge in [-0.2, -0.15) is 13.2 Å². The fraction of sp³-hybridized carbons (Fsp3) is 1.00. The van der Waals surface area contributed by atoms with Gasteiger partial charge in [-0.05, 0) is 32.1 Å². The van der Waals surface area contributed by atoms with Crippen LogP contribution in [0.2, 0.25) is 0 Å². The van der Waals surface area contributed by atoms with E-state index in [0.29, 0.717) is 31.7 Å². The lowest BCUT2D eigenvalue weighted by Crippen LogP contribution is -2.45. The van der Waals surface area contributed by atoms with Crippen molar-refractivity contribution in [2.45, 2.75) is 56.1 Å². The molecule has 1 heterocycles. The molecule has 2 fully saturated rings. The van der Waals surface area contributed by atoms with Crippen LogP contribution < -0.4 is 5.32 Å². The van der Waals surface area contributed by atoms with E-state index in [9.17, 15) is 13.2 Å². The van der Waals surface area contributed by atoms with Gasteiger partial charge in [-0.1, -0.05) is 6.92 Å². The van der Waals surface area contributed by atoms with Crippen molar-refractivity contribution < 1.29 is 13.2 Å². The molecule has 1 saturated heterocycles. The third-order valence-electron chi connectivity index (χ3n) is 3.78. The minimum Gasteiger partial charge on any atom is -0.299 e. The topological polar surface area (TPSA) is 12.0 Å². The number of halogens is 3. The van der Waals surface area contributed by atoms with Gasteiger partial charge in [0, 0.05) is 11.8 Å². The fourth-order valence-electron chi connectivity index (χ4n) is 2.64. The first-order chi connectivity index (χ1) is 7.45. The van der Waals surface area contributed by atoms with Crippen molar-refractivity contribution in [3.05, 3.63) is 0 Å². The maximum absolute atomic E-state index is 12.5. The molecule has 1 N–H and O–H groups in total. The van der Waals surface area contributed by atoms with Gasteiger partial charge in [0.2, 0.25) is 0 Å². The molecule has 2 rings (SSSR count). The van der Waals surface area contributed by atoms with Gasteiger partial charge in [-0.25, -0.2) is 0 Å². The van der Waals surface area contributed by atoms with E-state index in [1.807, 2.05) is 11.8 Å². The highest BCUT2D eigenvalue weighted by molar-refractivity contribution is 8.00. The second kappa shape index (κ2) is 4.41. The van der Waals surface area contributed by atoms with Gasteiger partial charge < -0.3 is 0 Å². The first-order valence-corrected chi connectivity index (χ1v) is 6.92. The molecule has 2 aliphatic rings. The predicted molar refractivity (Wildman–Crippen MR) is 60.4 cm³/mol. The van der Waals surface area contributed by atoms with Crippen LogP contribution in [-0.4, -0.2) is 22.8 Å². The number of nitrogens with one attached hydrogen (secondary N) is 1. The summed E-state index contributed by atoms with van der Waals surface area (Å²) >= 11 is 1.83. The van der Waals surface area contributed by atoms with Gasteiger partial charge in [-0.3, -0.25) is 5.32 Å². The molecule has 1 aliphatic heterocycles. The summed E-state index contributed by atoms with van der Waals surface area (Å²) in [6, 6.07) is 0.493. The van der Waals surface area contributed by atoms with Crippen LogP contribution in [0.5, 0.6) is 0 Å². The minimum atomic E-state index is -3.99. The molecule has 1 spiro atoms. The van der Waals surface area contributed by atoms with E-state index in [4.69, 9.17) is 0 Å². The maximum Gasteiger partial charge on any atom is 0.391 e. The predicted octanol–water partition coefficient (Wildman–Crippen LogP) is 3.55. The molecule has 1 atom stereocenters. The smallest absolute Gasteiger partial charge is 0.299 e. The summed E-state index contributed by atoms with van der Waals surface area (Å²) in [7, 11) is 0. The van der Waals surface area contributed by atoms with Gasteiger partial charge in [0.1, 0.15) is 0 Å². The molecule has 0 aromatic carbocycles. The average Bonchev–Trinajstić information content (AvgIpc) is 2.61. The number of alkyl halides is 3. The van der Waals surface area contributed by atoms with Crippen LogP contribution >= 0.6 is 11.8 Å². The zero-order valence-electron chi connectivity index (χ0n) is 9.44. The standard InChI is InChI=1S/C11H18F3NS/c1-2-9-7-16-10(15-9)5-3-8(4-6-10)11(12,13)14/h8-9,15H,2-7H2,1H3. The van der Waals surface area contributed by atoms with Crippen molar-refractivity contribution in [3.8, 4) is 0 Å². The second-order valence-corrected chi connectivity index (χ2v) is 6.27. The molecule has 94 valence electrons. The molecule has 0 aromatic rings. The number of hydrogen-bond donors (Lipinski definition) is 1. The lowest BCUT2D eigenvalue weighted by atomic mass is 9.85. The molecule has 1 unspecified atom stereocenters. The normalized spacial score (nSPS) is 40.5. The van der Waals surface area contributed by atoms with E-state index in [1.54, 1.807) is 0 Å². The summed E-state index contributed by atoms with van der Waals surface area (Å²) < 4.78 is 37.6. The number of thioether (sulfide) groups is 1. The second-order valence-electron chi connectivity index (χ2n) is 4.87. The van der Waals surface area contributed by atoms with E-state index in [-0.39, 0.29) is 4.87 Å². The van der Waals surface area contributed by atoms with Crippen LogP contribution in [0.3, 0.4) is 0 Å². The van der Waals surface area contributed by atoms with E-state index >= 15 is 0 Å². The van der Waals surface area contributed by atoms with Gasteiger partial charge in [0.25, 0.3) is 0 Å². The SMILES string of the molecule is CCC1CSC2(CCC(C(F)(F)F)CC2)N1. The molecule has 1 aliphatic carbocycles. The Bertz CT molecular complexity index is 246. The van der Waals surface area contributed by atoms with Crippen molar-refractivity contribution in [3.63, 3.8) is 0 Å². The molecule has 0 bridgehead atoms. The maximum atomic E-state index is 12.5. The van der Waals surface area contributed by atoms with Gasteiger partial charge >= 0.3 is 6.18 Å². The molecule has 0 radical (unpaired) electrons. The summed E-state index contributed by atoms with van der Waals surface area (Å²) in [5.41, 5.74) is 0. The van der Waals surface area contributed by atoms with Crippen LogP contribution in [0.4, 0.5) is 13.2 Å². The Morgan fingerprint density at radius 3 is 2.38 bits per heavy atom. The molecule has 1 nitrogen and oxygen atoms in total.